The van der Waals surface area contributed by atoms with Crippen LogP contribution in [-0.4, -0.2) is 12.7 Å². The molecule has 4 heteroatoms. The average Bonchev–Trinajstić information content (AvgIpc) is 2.82. The van der Waals surface area contributed by atoms with E-state index in [1.807, 2.05) is 12.1 Å². The summed E-state index contributed by atoms with van der Waals surface area (Å²) in [6.45, 7) is 0.912. The van der Waals surface area contributed by atoms with Crippen molar-refractivity contribution in [3.8, 4) is 0 Å². The Morgan fingerprint density at radius 3 is 3.00 bits per heavy atom. The Labute approximate surface area is 121 Å². The predicted octanol–water partition coefficient (Wildman–Crippen LogP) is 3.90. The summed E-state index contributed by atoms with van der Waals surface area (Å²) in [5.41, 5.74) is 7.29. The predicted molar refractivity (Wildman–Crippen MR) is 79.3 cm³/mol. The first-order valence-corrected chi connectivity index (χ1v) is 7.44. The van der Waals surface area contributed by atoms with Gasteiger partial charge < -0.3 is 10.5 Å². The number of benzene rings is 1. The summed E-state index contributed by atoms with van der Waals surface area (Å²) in [5.74, 6) is 0. The minimum atomic E-state index is 0.0636. The summed E-state index contributed by atoms with van der Waals surface area (Å²) in [5, 5.41) is 0.788. The normalized spacial score (nSPS) is 21.7. The van der Waals surface area contributed by atoms with Gasteiger partial charge in [0.25, 0.3) is 0 Å². The summed E-state index contributed by atoms with van der Waals surface area (Å²) in [7, 11) is 0. The number of hydrogen-bond donors (Lipinski definition) is 1. The molecule has 0 bridgehead atoms. The van der Waals surface area contributed by atoms with Crippen LogP contribution in [-0.2, 0) is 4.74 Å². The largest absolute Gasteiger partial charge is 0.378 e. The average molecular weight is 366 g/mol. The van der Waals surface area contributed by atoms with Gasteiger partial charge in [-0.3, -0.25) is 0 Å². The molecule has 0 saturated carbocycles. The highest BCUT2D eigenvalue weighted by atomic mass is 127. The zero-order valence-electron chi connectivity index (χ0n) is 9.66. The molecular formula is C13H17ClINO. The minimum absolute atomic E-state index is 0.0636. The van der Waals surface area contributed by atoms with Crippen LogP contribution in [0.1, 0.15) is 37.3 Å². The van der Waals surface area contributed by atoms with Crippen LogP contribution in [0.4, 0.5) is 0 Å². The fourth-order valence-corrected chi connectivity index (χ4v) is 2.67. The molecule has 17 heavy (non-hydrogen) atoms. The van der Waals surface area contributed by atoms with Crippen LogP contribution in [0, 0.1) is 3.57 Å². The summed E-state index contributed by atoms with van der Waals surface area (Å²) in [6, 6.07) is 6.12. The molecule has 1 saturated heterocycles. The molecule has 1 aromatic rings. The van der Waals surface area contributed by atoms with Crippen molar-refractivity contribution >= 4 is 34.2 Å². The van der Waals surface area contributed by atoms with Crippen molar-refractivity contribution in [2.45, 2.75) is 37.8 Å². The summed E-state index contributed by atoms with van der Waals surface area (Å²) in [4.78, 5) is 0. The molecule has 1 fully saturated rings. The third kappa shape index (κ3) is 3.81. The summed E-state index contributed by atoms with van der Waals surface area (Å²) in [6.07, 6.45) is 4.79. The Morgan fingerprint density at radius 1 is 1.53 bits per heavy atom. The van der Waals surface area contributed by atoms with Crippen molar-refractivity contribution in [3.63, 3.8) is 0 Å². The first-order chi connectivity index (χ1) is 8.16. The van der Waals surface area contributed by atoms with Crippen LogP contribution in [0.5, 0.6) is 0 Å². The Hall–Kier alpha value is 0.160. The highest BCUT2D eigenvalue weighted by Crippen LogP contribution is 2.26. The first-order valence-electron chi connectivity index (χ1n) is 5.99. The van der Waals surface area contributed by atoms with E-state index in [1.54, 1.807) is 0 Å². The van der Waals surface area contributed by atoms with Crippen LogP contribution in [0.2, 0.25) is 5.02 Å². The van der Waals surface area contributed by atoms with Crippen LogP contribution in [0.15, 0.2) is 18.2 Å². The van der Waals surface area contributed by atoms with Gasteiger partial charge in [0.05, 0.1) is 11.1 Å². The van der Waals surface area contributed by atoms with E-state index in [1.165, 1.54) is 12.8 Å². The van der Waals surface area contributed by atoms with Gasteiger partial charge in [0, 0.05) is 16.2 Å². The number of hydrogen-bond acceptors (Lipinski definition) is 2. The molecule has 2 atom stereocenters. The lowest BCUT2D eigenvalue weighted by atomic mass is 10.0. The smallest absolute Gasteiger partial charge is 0.0576 e. The zero-order valence-corrected chi connectivity index (χ0v) is 12.6. The molecule has 1 aliphatic rings. The van der Waals surface area contributed by atoms with E-state index in [2.05, 4.69) is 28.7 Å². The van der Waals surface area contributed by atoms with E-state index in [-0.39, 0.29) is 6.04 Å². The molecular weight excluding hydrogens is 349 g/mol. The molecule has 2 rings (SSSR count). The van der Waals surface area contributed by atoms with Crippen LogP contribution < -0.4 is 5.73 Å². The van der Waals surface area contributed by atoms with Crippen LogP contribution in [0.3, 0.4) is 0 Å². The van der Waals surface area contributed by atoms with E-state index in [9.17, 15) is 0 Å². The molecule has 0 radical (unpaired) electrons. The fraction of sp³-hybridized carbons (Fsp3) is 0.538. The Bertz CT molecular complexity index is 380. The monoisotopic (exact) mass is 365 g/mol. The van der Waals surface area contributed by atoms with Gasteiger partial charge in [0.15, 0.2) is 0 Å². The molecule has 0 spiro atoms. The van der Waals surface area contributed by atoms with Gasteiger partial charge in [-0.15, -0.1) is 0 Å². The Balaban J connectivity index is 1.89. The van der Waals surface area contributed by atoms with Gasteiger partial charge in [-0.25, -0.2) is 0 Å². The van der Waals surface area contributed by atoms with Gasteiger partial charge >= 0.3 is 0 Å². The van der Waals surface area contributed by atoms with E-state index in [0.717, 1.165) is 33.6 Å². The SMILES string of the molecule is NC(CCC1CCCO1)c1ccc(I)c(Cl)c1. The second kappa shape index (κ2) is 6.36. The molecule has 2 nitrogen and oxygen atoms in total. The molecule has 2 N–H and O–H groups in total. The standard InChI is InChI=1S/C13H17ClINO/c14-11-8-9(3-5-12(11)15)13(16)6-4-10-2-1-7-17-10/h3,5,8,10,13H,1-2,4,6-7,16H2. The number of rotatable bonds is 4. The molecule has 1 aromatic carbocycles. The molecule has 0 aromatic heterocycles. The highest BCUT2D eigenvalue weighted by Gasteiger charge is 2.17. The maximum atomic E-state index is 6.18. The van der Waals surface area contributed by atoms with Crippen molar-refractivity contribution in [2.75, 3.05) is 6.61 Å². The lowest BCUT2D eigenvalue weighted by Gasteiger charge is -2.15. The first kappa shape index (κ1) is 13.6. The van der Waals surface area contributed by atoms with E-state index >= 15 is 0 Å². The highest BCUT2D eigenvalue weighted by molar-refractivity contribution is 14.1. The molecule has 1 heterocycles. The number of nitrogens with two attached hydrogens (primary N) is 1. The summed E-state index contributed by atoms with van der Waals surface area (Å²) < 4.78 is 6.67. The Morgan fingerprint density at radius 2 is 2.35 bits per heavy atom. The van der Waals surface area contributed by atoms with E-state index in [4.69, 9.17) is 22.1 Å². The van der Waals surface area contributed by atoms with Gasteiger partial charge in [-0.2, -0.15) is 0 Å². The van der Waals surface area contributed by atoms with Crippen LogP contribution >= 0.6 is 34.2 Å². The lowest BCUT2D eigenvalue weighted by Crippen LogP contribution is -2.14. The molecule has 2 unspecified atom stereocenters. The molecule has 0 aliphatic carbocycles. The van der Waals surface area contributed by atoms with Gasteiger partial charge in [-0.05, 0) is 66.0 Å². The van der Waals surface area contributed by atoms with E-state index < -0.39 is 0 Å². The zero-order chi connectivity index (χ0) is 12.3. The molecule has 94 valence electrons. The topological polar surface area (TPSA) is 35.2 Å². The third-order valence-electron chi connectivity index (χ3n) is 3.20. The van der Waals surface area contributed by atoms with Gasteiger partial charge in [-0.1, -0.05) is 17.7 Å². The second-order valence-electron chi connectivity index (χ2n) is 4.49. The third-order valence-corrected chi connectivity index (χ3v) is 4.77. The summed E-state index contributed by atoms with van der Waals surface area (Å²) >= 11 is 8.32. The fourth-order valence-electron chi connectivity index (χ4n) is 2.15. The quantitative estimate of drug-likeness (QED) is 0.821. The van der Waals surface area contributed by atoms with E-state index in [0.29, 0.717) is 6.10 Å². The van der Waals surface area contributed by atoms with Gasteiger partial charge in [0.2, 0.25) is 0 Å². The lowest BCUT2D eigenvalue weighted by molar-refractivity contribution is 0.101. The number of halogens is 2. The van der Waals surface area contributed by atoms with Crippen molar-refractivity contribution in [2.24, 2.45) is 5.73 Å². The second-order valence-corrected chi connectivity index (χ2v) is 6.06. The van der Waals surface area contributed by atoms with Crippen molar-refractivity contribution in [1.29, 1.82) is 0 Å². The molecule has 1 aliphatic heterocycles. The maximum Gasteiger partial charge on any atom is 0.0576 e. The number of ether oxygens (including phenoxy) is 1. The van der Waals surface area contributed by atoms with Crippen LogP contribution in [0.25, 0.3) is 0 Å². The molecule has 0 amide bonds. The Kier molecular flexibility index (Phi) is 5.09. The van der Waals surface area contributed by atoms with Crippen molar-refractivity contribution < 1.29 is 4.74 Å². The minimum Gasteiger partial charge on any atom is -0.378 e. The maximum absolute atomic E-state index is 6.18. The van der Waals surface area contributed by atoms with Crippen molar-refractivity contribution in [1.82, 2.24) is 0 Å². The van der Waals surface area contributed by atoms with Gasteiger partial charge in [0.1, 0.15) is 0 Å². The van der Waals surface area contributed by atoms with Crippen molar-refractivity contribution in [3.05, 3.63) is 32.4 Å².